The zero-order chi connectivity index (χ0) is 15.0. The largest absolute Gasteiger partial charge is 0.333 e. The summed E-state index contributed by atoms with van der Waals surface area (Å²) >= 11 is 0. The molecule has 0 unspecified atom stereocenters. The average molecular weight is 288 g/mol. The molecule has 0 saturated heterocycles. The molecule has 0 spiro atoms. The summed E-state index contributed by atoms with van der Waals surface area (Å²) < 4.78 is 3.78. The minimum atomic E-state index is -0.268. The van der Waals surface area contributed by atoms with Gasteiger partial charge >= 0.3 is 0 Å². The lowest BCUT2D eigenvalue weighted by Gasteiger charge is -2.31. The van der Waals surface area contributed by atoms with Crippen LogP contribution in [0.15, 0.2) is 12.4 Å². The van der Waals surface area contributed by atoms with Crippen LogP contribution in [0.1, 0.15) is 39.1 Å². The molecule has 1 aliphatic heterocycles. The number of nitrogens with zero attached hydrogens (tertiary/aromatic N) is 6. The van der Waals surface area contributed by atoms with Gasteiger partial charge in [-0.1, -0.05) is 6.92 Å². The summed E-state index contributed by atoms with van der Waals surface area (Å²) in [5, 5.41) is 12.8. The molecule has 2 aromatic rings. The van der Waals surface area contributed by atoms with Gasteiger partial charge in [0, 0.05) is 19.3 Å². The fourth-order valence-electron chi connectivity index (χ4n) is 2.77. The van der Waals surface area contributed by atoms with Crippen LogP contribution in [0, 0.1) is 0 Å². The highest BCUT2D eigenvalue weighted by Crippen LogP contribution is 2.28. The van der Waals surface area contributed by atoms with Gasteiger partial charge in [0.05, 0.1) is 18.3 Å². The minimum absolute atomic E-state index is 0.133. The molecule has 7 heteroatoms. The first kappa shape index (κ1) is 13.8. The zero-order valence-corrected chi connectivity index (χ0v) is 12.7. The van der Waals surface area contributed by atoms with E-state index in [1.54, 1.807) is 6.20 Å². The zero-order valence-electron chi connectivity index (χ0n) is 12.7. The number of hydrogen-bond donors (Lipinski definition) is 0. The molecule has 21 heavy (non-hydrogen) atoms. The van der Waals surface area contributed by atoms with Crippen LogP contribution in [0.2, 0.25) is 0 Å². The number of fused-ring (bicyclic) bond motifs is 1. The van der Waals surface area contributed by atoms with E-state index in [1.807, 2.05) is 34.2 Å². The van der Waals surface area contributed by atoms with Crippen molar-refractivity contribution in [2.24, 2.45) is 0 Å². The van der Waals surface area contributed by atoms with Crippen molar-refractivity contribution in [2.45, 2.75) is 46.3 Å². The number of aryl methyl sites for hydroxylation is 1. The van der Waals surface area contributed by atoms with Crippen LogP contribution in [0.4, 0.5) is 0 Å². The van der Waals surface area contributed by atoms with Crippen molar-refractivity contribution < 1.29 is 4.79 Å². The molecular formula is C14H20N6O. The Morgan fingerprint density at radius 1 is 1.33 bits per heavy atom. The maximum absolute atomic E-state index is 12.4. The summed E-state index contributed by atoms with van der Waals surface area (Å²) in [6, 6.07) is -0.268. The quantitative estimate of drug-likeness (QED) is 0.854. The first-order chi connectivity index (χ1) is 10.2. The lowest BCUT2D eigenvalue weighted by Crippen LogP contribution is -2.42. The lowest BCUT2D eigenvalue weighted by molar-refractivity contribution is -0.136. The maximum Gasteiger partial charge on any atom is 0.245 e. The number of carbonyl (C=O) groups is 1. The molecule has 1 aliphatic rings. The van der Waals surface area contributed by atoms with Gasteiger partial charge in [0.2, 0.25) is 5.91 Å². The topological polar surface area (TPSA) is 68.8 Å². The summed E-state index contributed by atoms with van der Waals surface area (Å²) in [6.07, 6.45) is 4.66. The number of hydrogen-bond acceptors (Lipinski definition) is 4. The number of aromatic nitrogens is 5. The van der Waals surface area contributed by atoms with Gasteiger partial charge in [0.15, 0.2) is 11.6 Å². The third-order valence-corrected chi connectivity index (χ3v) is 3.86. The first-order valence-corrected chi connectivity index (χ1v) is 7.41. The standard InChI is InChI=1S/C14H20N6O/c1-4-6-18-9-12-16-17-13(20(12)10(3)14(18)21)11-7-15-19(5-2)8-11/h7-8,10H,4-6,9H2,1-3H3/t10-/m0/s1. The van der Waals surface area contributed by atoms with Gasteiger partial charge < -0.3 is 4.90 Å². The SMILES string of the molecule is CCCN1Cc2nnc(-c3cnn(CC)c3)n2[C@@H](C)C1=O. The molecule has 0 radical (unpaired) electrons. The highest BCUT2D eigenvalue weighted by atomic mass is 16.2. The molecule has 0 aromatic carbocycles. The Kier molecular flexibility index (Phi) is 3.48. The summed E-state index contributed by atoms with van der Waals surface area (Å²) in [5.74, 6) is 1.70. The monoisotopic (exact) mass is 288 g/mol. The molecule has 2 aromatic heterocycles. The Morgan fingerprint density at radius 2 is 2.14 bits per heavy atom. The van der Waals surface area contributed by atoms with Crippen molar-refractivity contribution >= 4 is 5.91 Å². The molecule has 1 atom stereocenters. The van der Waals surface area contributed by atoms with E-state index in [4.69, 9.17) is 0 Å². The van der Waals surface area contributed by atoms with Gasteiger partial charge in [-0.3, -0.25) is 14.0 Å². The Hall–Kier alpha value is -2.18. The number of carbonyl (C=O) groups excluding carboxylic acids is 1. The van der Waals surface area contributed by atoms with E-state index in [9.17, 15) is 4.79 Å². The summed E-state index contributed by atoms with van der Waals surface area (Å²) in [4.78, 5) is 14.3. The molecular weight excluding hydrogens is 268 g/mol. The van der Waals surface area contributed by atoms with Crippen LogP contribution in [0.5, 0.6) is 0 Å². The molecule has 3 heterocycles. The minimum Gasteiger partial charge on any atom is -0.333 e. The van der Waals surface area contributed by atoms with Crippen LogP contribution in [-0.2, 0) is 17.9 Å². The van der Waals surface area contributed by atoms with Crippen LogP contribution in [0.25, 0.3) is 11.4 Å². The Balaban J connectivity index is 1.99. The highest BCUT2D eigenvalue weighted by molar-refractivity contribution is 5.82. The van der Waals surface area contributed by atoms with Crippen molar-refractivity contribution in [1.82, 2.24) is 29.4 Å². The van der Waals surface area contributed by atoms with E-state index in [-0.39, 0.29) is 11.9 Å². The second-order valence-corrected chi connectivity index (χ2v) is 5.33. The van der Waals surface area contributed by atoms with Gasteiger partial charge in [-0.15, -0.1) is 10.2 Å². The molecule has 0 saturated carbocycles. The fourth-order valence-corrected chi connectivity index (χ4v) is 2.77. The van der Waals surface area contributed by atoms with E-state index < -0.39 is 0 Å². The van der Waals surface area contributed by atoms with Crippen LogP contribution < -0.4 is 0 Å². The Morgan fingerprint density at radius 3 is 2.81 bits per heavy atom. The van der Waals surface area contributed by atoms with Crippen molar-refractivity contribution in [3.05, 3.63) is 18.2 Å². The fraction of sp³-hybridized carbons (Fsp3) is 0.571. The predicted molar refractivity (Wildman–Crippen MR) is 77.3 cm³/mol. The normalized spacial score (nSPS) is 18.1. The van der Waals surface area contributed by atoms with Crippen molar-refractivity contribution in [1.29, 1.82) is 0 Å². The first-order valence-electron chi connectivity index (χ1n) is 7.41. The molecule has 7 nitrogen and oxygen atoms in total. The number of rotatable bonds is 4. The molecule has 0 fully saturated rings. The predicted octanol–water partition coefficient (Wildman–Crippen LogP) is 1.47. The van der Waals surface area contributed by atoms with Crippen molar-refractivity contribution in [2.75, 3.05) is 6.54 Å². The maximum atomic E-state index is 12.4. The molecule has 0 aliphatic carbocycles. The summed E-state index contributed by atoms with van der Waals surface area (Å²) in [7, 11) is 0. The summed E-state index contributed by atoms with van der Waals surface area (Å²) in [6.45, 7) is 8.11. The van der Waals surface area contributed by atoms with Gasteiger partial charge in [-0.05, 0) is 20.3 Å². The second-order valence-electron chi connectivity index (χ2n) is 5.33. The van der Waals surface area contributed by atoms with Crippen molar-refractivity contribution in [3.63, 3.8) is 0 Å². The average Bonchev–Trinajstić information content (AvgIpc) is 3.10. The Bertz CT molecular complexity index is 658. The van der Waals surface area contributed by atoms with Gasteiger partial charge in [-0.25, -0.2) is 0 Å². The van der Waals surface area contributed by atoms with Gasteiger partial charge in [0.25, 0.3) is 0 Å². The summed E-state index contributed by atoms with van der Waals surface area (Å²) in [5.41, 5.74) is 0.902. The van der Waals surface area contributed by atoms with Crippen LogP contribution >= 0.6 is 0 Å². The third-order valence-electron chi connectivity index (χ3n) is 3.86. The molecule has 3 rings (SSSR count). The lowest BCUT2D eigenvalue weighted by atomic mass is 10.2. The van der Waals surface area contributed by atoms with E-state index in [0.717, 1.165) is 36.7 Å². The van der Waals surface area contributed by atoms with Crippen molar-refractivity contribution in [3.8, 4) is 11.4 Å². The number of amides is 1. The van der Waals surface area contributed by atoms with Crippen LogP contribution in [-0.4, -0.2) is 41.9 Å². The van der Waals surface area contributed by atoms with E-state index in [0.29, 0.717) is 6.54 Å². The second kappa shape index (κ2) is 5.31. The van der Waals surface area contributed by atoms with Gasteiger partial charge in [0.1, 0.15) is 6.04 Å². The smallest absolute Gasteiger partial charge is 0.245 e. The van der Waals surface area contributed by atoms with E-state index in [2.05, 4.69) is 22.2 Å². The van der Waals surface area contributed by atoms with E-state index in [1.165, 1.54) is 0 Å². The molecule has 0 N–H and O–H groups in total. The highest BCUT2D eigenvalue weighted by Gasteiger charge is 2.33. The molecule has 0 bridgehead atoms. The van der Waals surface area contributed by atoms with Gasteiger partial charge in [-0.2, -0.15) is 5.10 Å². The molecule has 1 amide bonds. The Labute approximate surface area is 123 Å². The van der Waals surface area contributed by atoms with Crippen LogP contribution in [0.3, 0.4) is 0 Å². The molecule has 112 valence electrons. The van der Waals surface area contributed by atoms with E-state index >= 15 is 0 Å². The third kappa shape index (κ3) is 2.22.